The van der Waals surface area contributed by atoms with Gasteiger partial charge in [-0.1, -0.05) is 12.1 Å². The van der Waals surface area contributed by atoms with Gasteiger partial charge in [0.2, 0.25) is 15.9 Å². The van der Waals surface area contributed by atoms with Crippen molar-refractivity contribution in [3.05, 3.63) is 29.8 Å². The molecule has 0 saturated carbocycles. The quantitative estimate of drug-likeness (QED) is 0.726. The highest BCUT2D eigenvalue weighted by atomic mass is 32.2. The third-order valence-corrected chi connectivity index (χ3v) is 6.29. The monoisotopic (exact) mass is 370 g/mol. The molecule has 0 unspecified atom stereocenters. The first-order valence-electron chi connectivity index (χ1n) is 8.22. The van der Waals surface area contributed by atoms with Gasteiger partial charge in [-0.3, -0.25) is 4.79 Å². The van der Waals surface area contributed by atoms with Crippen molar-refractivity contribution in [3.8, 4) is 5.75 Å². The van der Waals surface area contributed by atoms with Gasteiger partial charge >= 0.3 is 0 Å². The van der Waals surface area contributed by atoms with Crippen LogP contribution in [0, 0.1) is 5.92 Å². The van der Waals surface area contributed by atoms with Crippen LogP contribution in [0.1, 0.15) is 12.0 Å². The predicted molar refractivity (Wildman–Crippen MR) is 95.0 cm³/mol. The molecule has 1 saturated heterocycles. The number of nitrogens with one attached hydrogen (secondary N) is 1. The summed E-state index contributed by atoms with van der Waals surface area (Å²) in [6.45, 7) is 0.693. The summed E-state index contributed by atoms with van der Waals surface area (Å²) >= 11 is 0. The summed E-state index contributed by atoms with van der Waals surface area (Å²) in [5.74, 6) is 0.431. The molecule has 0 spiro atoms. The zero-order valence-corrected chi connectivity index (χ0v) is 15.7. The lowest BCUT2D eigenvalue weighted by Gasteiger charge is -2.21. The zero-order valence-electron chi connectivity index (χ0n) is 14.9. The van der Waals surface area contributed by atoms with E-state index < -0.39 is 10.0 Å². The molecule has 1 aliphatic rings. The van der Waals surface area contributed by atoms with Gasteiger partial charge in [0, 0.05) is 26.4 Å². The lowest BCUT2D eigenvalue weighted by atomic mass is 10.1. The summed E-state index contributed by atoms with van der Waals surface area (Å²) in [6.07, 6.45) is 0.958. The van der Waals surface area contributed by atoms with E-state index in [0.29, 0.717) is 26.1 Å². The maximum Gasteiger partial charge on any atom is 0.220 e. The number of rotatable bonds is 8. The second kappa shape index (κ2) is 8.64. The minimum absolute atomic E-state index is 0.0244. The molecule has 1 aromatic rings. The molecule has 0 aromatic heterocycles. The maximum atomic E-state index is 12.2. The number of carbonyl (C=O) groups excluding carboxylic acids is 1. The van der Waals surface area contributed by atoms with Crippen LogP contribution in [0.2, 0.25) is 0 Å². The van der Waals surface area contributed by atoms with Gasteiger partial charge in [-0.2, -0.15) is 0 Å². The Hall–Kier alpha value is -1.64. The van der Waals surface area contributed by atoms with Crippen LogP contribution in [0.3, 0.4) is 0 Å². The summed E-state index contributed by atoms with van der Waals surface area (Å²) in [5.41, 5.74) is 1.05. The smallest absolute Gasteiger partial charge is 0.220 e. The molecule has 1 amide bonds. The first-order valence-corrected chi connectivity index (χ1v) is 9.83. The van der Waals surface area contributed by atoms with Crippen molar-refractivity contribution in [1.29, 1.82) is 0 Å². The average Bonchev–Trinajstić information content (AvgIpc) is 2.99. The van der Waals surface area contributed by atoms with Crippen molar-refractivity contribution < 1.29 is 22.7 Å². The Bertz CT molecular complexity index is 673. The molecule has 1 heterocycles. The third kappa shape index (κ3) is 5.69. The zero-order chi connectivity index (χ0) is 18.4. The Labute approximate surface area is 149 Å². The number of hydrogen-bond acceptors (Lipinski definition) is 5. The van der Waals surface area contributed by atoms with Crippen molar-refractivity contribution in [2.75, 3.05) is 40.2 Å². The number of sulfonamides is 1. The Kier molecular flexibility index (Phi) is 6.80. The highest BCUT2D eigenvalue weighted by Crippen LogP contribution is 2.18. The number of aryl methyl sites for hydroxylation is 1. The summed E-state index contributed by atoms with van der Waals surface area (Å²) in [7, 11) is 1.30. The molecule has 1 fully saturated rings. The van der Waals surface area contributed by atoms with Crippen molar-refractivity contribution in [2.45, 2.75) is 18.9 Å². The molecule has 1 N–H and O–H groups in total. The van der Waals surface area contributed by atoms with Gasteiger partial charge in [0.15, 0.2) is 0 Å². The van der Waals surface area contributed by atoms with Crippen LogP contribution in [0.25, 0.3) is 0 Å². The van der Waals surface area contributed by atoms with Crippen LogP contribution in [0.4, 0.5) is 0 Å². The SMILES string of the molecule is COc1ccc(CCC(=O)N[C@H]2COC[C@H]2CS(=O)(=O)N(C)C)cc1. The van der Waals surface area contributed by atoms with Gasteiger partial charge in [0.05, 0.1) is 32.1 Å². The van der Waals surface area contributed by atoms with Crippen molar-refractivity contribution in [2.24, 2.45) is 5.92 Å². The molecule has 1 aromatic carbocycles. The van der Waals surface area contributed by atoms with E-state index in [1.807, 2.05) is 24.3 Å². The van der Waals surface area contributed by atoms with E-state index in [9.17, 15) is 13.2 Å². The van der Waals surface area contributed by atoms with Gasteiger partial charge in [-0.15, -0.1) is 0 Å². The molecule has 7 nitrogen and oxygen atoms in total. The molecular weight excluding hydrogens is 344 g/mol. The first kappa shape index (κ1) is 19.7. The molecule has 2 atom stereocenters. The number of amides is 1. The van der Waals surface area contributed by atoms with E-state index in [-0.39, 0.29) is 23.6 Å². The van der Waals surface area contributed by atoms with Crippen molar-refractivity contribution in [3.63, 3.8) is 0 Å². The molecule has 1 aliphatic heterocycles. The summed E-state index contributed by atoms with van der Waals surface area (Å²) in [4.78, 5) is 12.2. The van der Waals surface area contributed by atoms with Crippen LogP contribution in [0.5, 0.6) is 5.75 Å². The Morgan fingerprint density at radius 1 is 1.28 bits per heavy atom. The summed E-state index contributed by atoms with van der Waals surface area (Å²) < 4.78 is 35.7. The minimum atomic E-state index is -3.32. The minimum Gasteiger partial charge on any atom is -0.497 e. The van der Waals surface area contributed by atoms with Gasteiger partial charge in [0.25, 0.3) is 0 Å². The lowest BCUT2D eigenvalue weighted by Crippen LogP contribution is -2.43. The Morgan fingerprint density at radius 3 is 2.56 bits per heavy atom. The van der Waals surface area contributed by atoms with Crippen LogP contribution in [0.15, 0.2) is 24.3 Å². The van der Waals surface area contributed by atoms with E-state index in [1.54, 1.807) is 7.11 Å². The average molecular weight is 370 g/mol. The lowest BCUT2D eigenvalue weighted by molar-refractivity contribution is -0.121. The molecule has 0 radical (unpaired) electrons. The Balaban J connectivity index is 1.84. The topological polar surface area (TPSA) is 84.9 Å². The van der Waals surface area contributed by atoms with E-state index in [4.69, 9.17) is 9.47 Å². The molecule has 0 bridgehead atoms. The fourth-order valence-electron chi connectivity index (χ4n) is 2.67. The van der Waals surface area contributed by atoms with Crippen molar-refractivity contribution >= 4 is 15.9 Å². The Morgan fingerprint density at radius 2 is 1.96 bits per heavy atom. The van der Waals surface area contributed by atoms with Crippen LogP contribution in [-0.2, 0) is 26.0 Å². The van der Waals surface area contributed by atoms with Gasteiger partial charge in [-0.25, -0.2) is 12.7 Å². The third-order valence-electron chi connectivity index (χ3n) is 4.33. The number of methoxy groups -OCH3 is 1. The molecule has 140 valence electrons. The molecule has 2 rings (SSSR count). The fourth-order valence-corrected chi connectivity index (χ4v) is 3.84. The largest absolute Gasteiger partial charge is 0.497 e. The second-order valence-corrected chi connectivity index (χ2v) is 8.61. The molecular formula is C17H26N2O5S. The van der Waals surface area contributed by atoms with E-state index in [1.165, 1.54) is 18.4 Å². The van der Waals surface area contributed by atoms with Gasteiger partial charge in [0.1, 0.15) is 5.75 Å². The highest BCUT2D eigenvalue weighted by molar-refractivity contribution is 7.89. The predicted octanol–water partition coefficient (Wildman–Crippen LogP) is 0.650. The van der Waals surface area contributed by atoms with Crippen LogP contribution in [-0.4, -0.2) is 64.8 Å². The maximum absolute atomic E-state index is 12.2. The molecule has 8 heteroatoms. The standard InChI is InChI=1S/C17H26N2O5S/c1-19(2)25(21,22)12-14-10-24-11-16(14)18-17(20)9-6-13-4-7-15(23-3)8-5-13/h4-5,7-8,14,16H,6,9-12H2,1-3H3,(H,18,20)/t14-,16-/m0/s1. The van der Waals surface area contributed by atoms with E-state index >= 15 is 0 Å². The first-order chi connectivity index (χ1) is 11.8. The highest BCUT2D eigenvalue weighted by Gasteiger charge is 2.33. The van der Waals surface area contributed by atoms with Crippen LogP contribution < -0.4 is 10.1 Å². The number of hydrogen-bond donors (Lipinski definition) is 1. The van der Waals surface area contributed by atoms with E-state index in [0.717, 1.165) is 11.3 Å². The number of nitrogens with zero attached hydrogens (tertiary/aromatic N) is 1. The fraction of sp³-hybridized carbons (Fsp3) is 0.588. The van der Waals surface area contributed by atoms with Crippen molar-refractivity contribution in [1.82, 2.24) is 9.62 Å². The summed E-state index contributed by atoms with van der Waals surface area (Å²) in [6, 6.07) is 7.31. The number of ether oxygens (including phenoxy) is 2. The second-order valence-electron chi connectivity index (χ2n) is 6.38. The van der Waals surface area contributed by atoms with E-state index in [2.05, 4.69) is 5.32 Å². The molecule has 25 heavy (non-hydrogen) atoms. The normalized spacial score (nSPS) is 20.6. The van der Waals surface area contributed by atoms with Gasteiger partial charge in [-0.05, 0) is 24.1 Å². The van der Waals surface area contributed by atoms with Gasteiger partial charge < -0.3 is 14.8 Å². The summed E-state index contributed by atoms with van der Waals surface area (Å²) in [5, 5.41) is 2.91. The number of benzene rings is 1. The van der Waals surface area contributed by atoms with Crippen LogP contribution >= 0.6 is 0 Å². The number of carbonyl (C=O) groups is 1. The molecule has 0 aliphatic carbocycles.